The molecule has 0 aromatic heterocycles. The lowest BCUT2D eigenvalue weighted by Crippen LogP contribution is -2.07. The number of hydrogen-bond acceptors (Lipinski definition) is 1. The van der Waals surface area contributed by atoms with Crippen molar-refractivity contribution in [1.82, 2.24) is 0 Å². The van der Waals surface area contributed by atoms with Crippen LogP contribution < -0.4 is 5.73 Å². The van der Waals surface area contributed by atoms with Crippen molar-refractivity contribution in [2.45, 2.75) is 26.7 Å². The van der Waals surface area contributed by atoms with Crippen LogP contribution in [0.3, 0.4) is 0 Å². The number of nitrogens with two attached hydrogens (primary N) is 1. The van der Waals surface area contributed by atoms with Crippen molar-refractivity contribution in [1.29, 1.82) is 0 Å². The van der Waals surface area contributed by atoms with Crippen LogP contribution in [-0.2, 0) is 6.42 Å². The maximum atomic E-state index is 14.2. The summed E-state index contributed by atoms with van der Waals surface area (Å²) in [5.74, 6) is -1.27. The Morgan fingerprint density at radius 3 is 2.47 bits per heavy atom. The number of benzene rings is 1. The van der Waals surface area contributed by atoms with E-state index in [0.29, 0.717) is 24.1 Å². The largest absolute Gasteiger partial charge is 0.402 e. The first-order chi connectivity index (χ1) is 8.79. The summed E-state index contributed by atoms with van der Waals surface area (Å²) in [7, 11) is 0. The second-order valence-corrected chi connectivity index (χ2v) is 5.03. The average Bonchev–Trinajstić information content (AvgIpc) is 2.32. The molecule has 1 atom stereocenters. The van der Waals surface area contributed by atoms with E-state index in [-0.39, 0.29) is 22.1 Å². The van der Waals surface area contributed by atoms with Crippen molar-refractivity contribution in [3.05, 3.63) is 52.7 Å². The molecule has 0 aliphatic heterocycles. The summed E-state index contributed by atoms with van der Waals surface area (Å²) in [6.07, 6.45) is 0.802. The van der Waals surface area contributed by atoms with Gasteiger partial charge in [0, 0.05) is 16.8 Å². The Morgan fingerprint density at radius 2 is 2.00 bits per heavy atom. The molecule has 0 aliphatic carbocycles. The van der Waals surface area contributed by atoms with Gasteiger partial charge in [-0.2, -0.15) is 0 Å². The van der Waals surface area contributed by atoms with Crippen LogP contribution in [0.15, 0.2) is 24.9 Å². The Bertz CT molecular complexity index is 523. The normalized spacial score (nSPS) is 12.3. The quantitative estimate of drug-likeness (QED) is 0.780. The van der Waals surface area contributed by atoms with E-state index in [2.05, 4.69) is 13.2 Å². The molecule has 0 saturated heterocycles. The van der Waals surface area contributed by atoms with Crippen LogP contribution in [-0.4, -0.2) is 0 Å². The molecule has 1 aromatic carbocycles. The molecule has 1 rings (SSSR count). The van der Waals surface area contributed by atoms with Gasteiger partial charge in [-0.25, -0.2) is 8.78 Å². The summed E-state index contributed by atoms with van der Waals surface area (Å²) in [4.78, 5) is 0. The van der Waals surface area contributed by atoms with Gasteiger partial charge in [-0.3, -0.25) is 0 Å². The highest BCUT2D eigenvalue weighted by Gasteiger charge is 2.20. The van der Waals surface area contributed by atoms with Gasteiger partial charge in [0.15, 0.2) is 0 Å². The van der Waals surface area contributed by atoms with Crippen LogP contribution in [0.25, 0.3) is 5.57 Å². The maximum Gasteiger partial charge on any atom is 0.149 e. The number of hydrogen-bond donors (Lipinski definition) is 1. The minimum atomic E-state index is -0.626. The smallest absolute Gasteiger partial charge is 0.149 e. The maximum absolute atomic E-state index is 14.2. The van der Waals surface area contributed by atoms with Crippen molar-refractivity contribution in [3.63, 3.8) is 0 Å². The van der Waals surface area contributed by atoms with Gasteiger partial charge >= 0.3 is 0 Å². The van der Waals surface area contributed by atoms with Gasteiger partial charge in [-0.05, 0) is 30.4 Å². The second-order valence-electron chi connectivity index (χ2n) is 4.65. The fourth-order valence-electron chi connectivity index (χ4n) is 1.97. The molecule has 0 amide bonds. The van der Waals surface area contributed by atoms with Crippen molar-refractivity contribution >= 4 is 17.2 Å². The summed E-state index contributed by atoms with van der Waals surface area (Å²) in [6, 6.07) is 1.15. The van der Waals surface area contributed by atoms with Crippen LogP contribution in [0.4, 0.5) is 8.78 Å². The zero-order valence-electron chi connectivity index (χ0n) is 11.2. The Balaban J connectivity index is 3.22. The fourth-order valence-corrected chi connectivity index (χ4v) is 2.30. The average molecular weight is 286 g/mol. The first-order valence-corrected chi connectivity index (χ1v) is 6.46. The zero-order valence-corrected chi connectivity index (χ0v) is 12.0. The summed E-state index contributed by atoms with van der Waals surface area (Å²) in [6.45, 7) is 11.0. The Labute approximate surface area is 117 Å². The van der Waals surface area contributed by atoms with Gasteiger partial charge in [-0.15, -0.1) is 0 Å². The van der Waals surface area contributed by atoms with Gasteiger partial charge < -0.3 is 5.73 Å². The van der Waals surface area contributed by atoms with Gasteiger partial charge in [0.2, 0.25) is 0 Å². The molecule has 1 nitrogen and oxygen atoms in total. The predicted octanol–water partition coefficient (Wildman–Crippen LogP) is 4.69. The predicted molar refractivity (Wildman–Crippen MR) is 76.9 cm³/mol. The van der Waals surface area contributed by atoms with E-state index in [1.54, 1.807) is 6.92 Å². The molecule has 0 saturated carbocycles. The van der Waals surface area contributed by atoms with E-state index in [0.717, 1.165) is 6.07 Å². The van der Waals surface area contributed by atoms with Crippen molar-refractivity contribution in [2.75, 3.05) is 0 Å². The van der Waals surface area contributed by atoms with E-state index < -0.39 is 11.6 Å². The minimum Gasteiger partial charge on any atom is -0.402 e. The SMILES string of the molecule is C=C(N)CC(C)C(=C)c1cc(F)c(CC)c(Cl)c1F. The van der Waals surface area contributed by atoms with Crippen LogP contribution in [0.5, 0.6) is 0 Å². The zero-order chi connectivity index (χ0) is 14.7. The first kappa shape index (κ1) is 15.7. The molecule has 0 bridgehead atoms. The molecular formula is C15H18ClF2N. The molecule has 0 radical (unpaired) electrons. The third kappa shape index (κ3) is 3.35. The first-order valence-electron chi connectivity index (χ1n) is 6.08. The van der Waals surface area contributed by atoms with E-state index in [1.807, 2.05) is 6.92 Å². The van der Waals surface area contributed by atoms with Crippen molar-refractivity contribution in [2.24, 2.45) is 11.7 Å². The van der Waals surface area contributed by atoms with Crippen LogP contribution in [0, 0.1) is 17.6 Å². The van der Waals surface area contributed by atoms with Gasteiger partial charge in [0.05, 0.1) is 5.02 Å². The van der Waals surface area contributed by atoms with Crippen LogP contribution in [0.2, 0.25) is 5.02 Å². The Morgan fingerprint density at radius 1 is 1.42 bits per heavy atom. The molecule has 19 heavy (non-hydrogen) atoms. The standard InChI is InChI=1S/C15H18ClF2N/c1-5-11-13(17)7-12(15(18)14(11)16)10(4)8(2)6-9(3)19/h7-8H,3-6,19H2,1-2H3. The molecule has 2 N–H and O–H groups in total. The van der Waals surface area contributed by atoms with Gasteiger partial charge in [0.25, 0.3) is 0 Å². The molecule has 1 aromatic rings. The lowest BCUT2D eigenvalue weighted by Gasteiger charge is -2.17. The summed E-state index contributed by atoms with van der Waals surface area (Å²) < 4.78 is 28.0. The highest BCUT2D eigenvalue weighted by molar-refractivity contribution is 6.31. The molecule has 4 heteroatoms. The summed E-state index contributed by atoms with van der Waals surface area (Å²) >= 11 is 5.86. The fraction of sp³-hybridized carbons (Fsp3) is 0.333. The lowest BCUT2D eigenvalue weighted by atomic mass is 9.90. The molecular weight excluding hydrogens is 268 g/mol. The monoisotopic (exact) mass is 285 g/mol. The topological polar surface area (TPSA) is 26.0 Å². The van der Waals surface area contributed by atoms with Gasteiger partial charge in [0.1, 0.15) is 11.6 Å². The third-order valence-electron chi connectivity index (χ3n) is 3.12. The summed E-state index contributed by atoms with van der Waals surface area (Å²) in [5.41, 5.74) is 6.76. The van der Waals surface area contributed by atoms with Crippen molar-refractivity contribution < 1.29 is 8.78 Å². The third-order valence-corrected chi connectivity index (χ3v) is 3.51. The lowest BCUT2D eigenvalue weighted by molar-refractivity contribution is 0.581. The highest BCUT2D eigenvalue weighted by atomic mass is 35.5. The van der Waals surface area contributed by atoms with E-state index in [4.69, 9.17) is 17.3 Å². The second kappa shape index (κ2) is 6.20. The molecule has 0 aliphatic rings. The highest BCUT2D eigenvalue weighted by Crippen LogP contribution is 2.33. The van der Waals surface area contributed by atoms with E-state index in [1.165, 1.54) is 0 Å². The van der Waals surface area contributed by atoms with Gasteiger partial charge in [-0.1, -0.05) is 38.6 Å². The molecule has 104 valence electrons. The molecule has 0 fully saturated rings. The minimum absolute atomic E-state index is 0.105. The number of allylic oxidation sites excluding steroid dienone is 2. The van der Waals surface area contributed by atoms with E-state index >= 15 is 0 Å². The van der Waals surface area contributed by atoms with Crippen LogP contribution >= 0.6 is 11.6 Å². The van der Waals surface area contributed by atoms with Crippen molar-refractivity contribution in [3.8, 4) is 0 Å². The number of halogens is 3. The molecule has 0 heterocycles. The Kier molecular flexibility index (Phi) is 5.12. The number of rotatable bonds is 5. The molecule has 0 spiro atoms. The molecule has 1 unspecified atom stereocenters. The summed E-state index contributed by atoms with van der Waals surface area (Å²) in [5, 5.41) is -0.169. The Hall–Kier alpha value is -1.35. The van der Waals surface area contributed by atoms with E-state index in [9.17, 15) is 8.78 Å². The van der Waals surface area contributed by atoms with Crippen LogP contribution in [0.1, 0.15) is 31.4 Å².